The molecule has 4 heteroatoms. The summed E-state index contributed by atoms with van der Waals surface area (Å²) in [7, 11) is 1.83. The lowest BCUT2D eigenvalue weighted by Gasteiger charge is -2.04. The molecule has 0 aliphatic heterocycles. The summed E-state index contributed by atoms with van der Waals surface area (Å²) in [4.78, 5) is 12.0. The van der Waals surface area contributed by atoms with Crippen LogP contribution in [-0.4, -0.2) is 15.7 Å². The van der Waals surface area contributed by atoms with Gasteiger partial charge in [0.15, 0.2) is 0 Å². The van der Waals surface area contributed by atoms with Crippen molar-refractivity contribution < 1.29 is 4.79 Å². The van der Waals surface area contributed by atoms with Gasteiger partial charge in [-0.05, 0) is 31.0 Å². The molecule has 1 heterocycles. The van der Waals surface area contributed by atoms with Crippen LogP contribution in [0.5, 0.6) is 0 Å². The van der Waals surface area contributed by atoms with Crippen LogP contribution in [0, 0.1) is 6.92 Å². The lowest BCUT2D eigenvalue weighted by atomic mass is 10.1. The predicted molar refractivity (Wildman–Crippen MR) is 71.7 cm³/mol. The van der Waals surface area contributed by atoms with Crippen LogP contribution in [0.15, 0.2) is 30.5 Å². The monoisotopic (exact) mass is 243 g/mol. The Kier molecular flexibility index (Phi) is 3.46. The Morgan fingerprint density at radius 1 is 1.33 bits per heavy atom. The summed E-state index contributed by atoms with van der Waals surface area (Å²) in [6, 6.07) is 7.65. The number of benzene rings is 1. The first kappa shape index (κ1) is 12.4. The van der Waals surface area contributed by atoms with E-state index in [4.69, 9.17) is 0 Å². The van der Waals surface area contributed by atoms with Gasteiger partial charge in [0, 0.05) is 18.8 Å². The molecule has 18 heavy (non-hydrogen) atoms. The van der Waals surface area contributed by atoms with Crippen LogP contribution in [0.3, 0.4) is 0 Å². The number of amides is 1. The molecule has 2 rings (SSSR count). The number of anilines is 1. The van der Waals surface area contributed by atoms with Gasteiger partial charge in [-0.15, -0.1) is 0 Å². The van der Waals surface area contributed by atoms with E-state index >= 15 is 0 Å². The lowest BCUT2D eigenvalue weighted by Crippen LogP contribution is -2.12. The topological polar surface area (TPSA) is 46.9 Å². The standard InChI is InChI=1S/C14H17N3O/c1-4-11-5-7-12(8-6-11)14(18)15-13-9-17(3)16-10(13)2/h5-9H,4H2,1-3H3,(H,15,18). The minimum atomic E-state index is -0.103. The molecule has 0 saturated carbocycles. The Bertz CT molecular complexity index is 555. The number of aromatic nitrogens is 2. The molecular formula is C14H17N3O. The van der Waals surface area contributed by atoms with Gasteiger partial charge in [-0.3, -0.25) is 9.48 Å². The molecule has 1 N–H and O–H groups in total. The maximum absolute atomic E-state index is 12.0. The fourth-order valence-electron chi connectivity index (χ4n) is 1.81. The highest BCUT2D eigenvalue weighted by Crippen LogP contribution is 2.13. The van der Waals surface area contributed by atoms with Crippen molar-refractivity contribution in [1.29, 1.82) is 0 Å². The van der Waals surface area contributed by atoms with Gasteiger partial charge in [0.2, 0.25) is 0 Å². The largest absolute Gasteiger partial charge is 0.319 e. The Balaban J connectivity index is 2.14. The lowest BCUT2D eigenvalue weighted by molar-refractivity contribution is 0.102. The summed E-state index contributed by atoms with van der Waals surface area (Å²) in [6.45, 7) is 3.96. The summed E-state index contributed by atoms with van der Waals surface area (Å²) in [5, 5.41) is 7.05. The van der Waals surface area contributed by atoms with Crippen LogP contribution in [0.2, 0.25) is 0 Å². The van der Waals surface area contributed by atoms with Gasteiger partial charge in [0.05, 0.1) is 11.4 Å². The fourth-order valence-corrected chi connectivity index (χ4v) is 1.81. The first-order valence-corrected chi connectivity index (χ1v) is 6.00. The average Bonchev–Trinajstić information content (AvgIpc) is 2.68. The Hall–Kier alpha value is -2.10. The molecule has 0 aliphatic carbocycles. The van der Waals surface area contributed by atoms with Crippen molar-refractivity contribution in [3.05, 3.63) is 47.3 Å². The summed E-state index contributed by atoms with van der Waals surface area (Å²) >= 11 is 0. The van der Waals surface area contributed by atoms with Gasteiger partial charge in [0.1, 0.15) is 0 Å². The van der Waals surface area contributed by atoms with E-state index in [1.165, 1.54) is 5.56 Å². The highest BCUT2D eigenvalue weighted by atomic mass is 16.1. The zero-order valence-electron chi connectivity index (χ0n) is 10.9. The van der Waals surface area contributed by atoms with Crippen molar-refractivity contribution in [3.8, 4) is 0 Å². The van der Waals surface area contributed by atoms with Crippen LogP contribution in [0.25, 0.3) is 0 Å². The van der Waals surface area contributed by atoms with Gasteiger partial charge in [-0.25, -0.2) is 0 Å². The molecule has 1 amide bonds. The van der Waals surface area contributed by atoms with Crippen molar-refractivity contribution in [2.24, 2.45) is 7.05 Å². The average molecular weight is 243 g/mol. The Labute approximate surface area is 107 Å². The predicted octanol–water partition coefficient (Wildman–Crippen LogP) is 2.54. The maximum Gasteiger partial charge on any atom is 0.255 e. The second kappa shape index (κ2) is 5.04. The van der Waals surface area contributed by atoms with Crippen molar-refractivity contribution in [2.45, 2.75) is 20.3 Å². The second-order valence-corrected chi connectivity index (χ2v) is 4.31. The molecule has 0 bridgehead atoms. The zero-order valence-corrected chi connectivity index (χ0v) is 10.9. The van der Waals surface area contributed by atoms with Gasteiger partial charge >= 0.3 is 0 Å². The molecule has 0 unspecified atom stereocenters. The van der Waals surface area contributed by atoms with E-state index in [0.29, 0.717) is 5.56 Å². The van der Waals surface area contributed by atoms with Gasteiger partial charge in [-0.2, -0.15) is 5.10 Å². The SMILES string of the molecule is CCc1ccc(C(=O)Nc2cn(C)nc2C)cc1. The molecule has 0 atom stereocenters. The van der Waals surface area contributed by atoms with E-state index in [1.807, 2.05) is 38.2 Å². The Morgan fingerprint density at radius 3 is 2.50 bits per heavy atom. The normalized spacial score (nSPS) is 10.4. The number of hydrogen-bond acceptors (Lipinski definition) is 2. The minimum Gasteiger partial charge on any atom is -0.319 e. The number of aryl methyl sites for hydroxylation is 3. The molecule has 0 aliphatic rings. The number of rotatable bonds is 3. The Morgan fingerprint density at radius 2 is 2.00 bits per heavy atom. The highest BCUT2D eigenvalue weighted by molar-refractivity contribution is 6.04. The van der Waals surface area contributed by atoms with Gasteiger partial charge in [0.25, 0.3) is 5.91 Å². The minimum absolute atomic E-state index is 0.103. The van der Waals surface area contributed by atoms with Crippen molar-refractivity contribution >= 4 is 11.6 Å². The smallest absolute Gasteiger partial charge is 0.255 e. The van der Waals surface area contributed by atoms with Crippen molar-refractivity contribution in [3.63, 3.8) is 0 Å². The fraction of sp³-hybridized carbons (Fsp3) is 0.286. The highest BCUT2D eigenvalue weighted by Gasteiger charge is 2.09. The molecule has 0 saturated heterocycles. The van der Waals surface area contributed by atoms with E-state index in [2.05, 4.69) is 17.3 Å². The number of hydrogen-bond donors (Lipinski definition) is 1. The van der Waals surface area contributed by atoms with Crippen LogP contribution < -0.4 is 5.32 Å². The first-order valence-electron chi connectivity index (χ1n) is 6.00. The molecular weight excluding hydrogens is 226 g/mol. The number of carbonyl (C=O) groups excluding carboxylic acids is 1. The molecule has 4 nitrogen and oxygen atoms in total. The van der Waals surface area contributed by atoms with Crippen LogP contribution in [-0.2, 0) is 13.5 Å². The van der Waals surface area contributed by atoms with E-state index in [0.717, 1.165) is 17.8 Å². The summed E-state index contributed by atoms with van der Waals surface area (Å²) in [5.41, 5.74) is 3.46. The summed E-state index contributed by atoms with van der Waals surface area (Å²) in [6.07, 6.45) is 2.78. The number of carbonyl (C=O) groups is 1. The first-order chi connectivity index (χ1) is 8.60. The van der Waals surface area contributed by atoms with Gasteiger partial charge in [-0.1, -0.05) is 19.1 Å². The van der Waals surface area contributed by atoms with Gasteiger partial charge < -0.3 is 5.32 Å². The van der Waals surface area contributed by atoms with E-state index in [-0.39, 0.29) is 5.91 Å². The molecule has 1 aromatic carbocycles. The van der Waals surface area contributed by atoms with Crippen LogP contribution >= 0.6 is 0 Å². The summed E-state index contributed by atoms with van der Waals surface area (Å²) < 4.78 is 1.69. The van der Waals surface area contributed by atoms with Crippen molar-refractivity contribution in [1.82, 2.24) is 9.78 Å². The number of nitrogens with zero attached hydrogens (tertiary/aromatic N) is 2. The third-order valence-electron chi connectivity index (χ3n) is 2.89. The van der Waals surface area contributed by atoms with E-state index in [1.54, 1.807) is 10.9 Å². The van der Waals surface area contributed by atoms with Crippen molar-refractivity contribution in [2.75, 3.05) is 5.32 Å². The van der Waals surface area contributed by atoms with Crippen LogP contribution in [0.4, 0.5) is 5.69 Å². The molecule has 0 spiro atoms. The molecule has 2 aromatic rings. The van der Waals surface area contributed by atoms with Crippen LogP contribution in [0.1, 0.15) is 28.5 Å². The molecule has 0 radical (unpaired) electrons. The second-order valence-electron chi connectivity index (χ2n) is 4.31. The molecule has 1 aromatic heterocycles. The molecule has 94 valence electrons. The zero-order chi connectivity index (χ0) is 13.1. The third-order valence-corrected chi connectivity index (χ3v) is 2.89. The number of nitrogens with one attached hydrogen (secondary N) is 1. The van der Waals surface area contributed by atoms with E-state index < -0.39 is 0 Å². The maximum atomic E-state index is 12.0. The summed E-state index contributed by atoms with van der Waals surface area (Å²) in [5.74, 6) is -0.103. The third kappa shape index (κ3) is 2.59. The van der Waals surface area contributed by atoms with E-state index in [9.17, 15) is 4.79 Å². The quantitative estimate of drug-likeness (QED) is 0.900. The molecule has 0 fully saturated rings.